The Labute approximate surface area is 65.4 Å². The smallest absolute Gasteiger partial charge is 0.187 e. The second-order valence-electron chi connectivity index (χ2n) is 2.14. The Morgan fingerprint density at radius 3 is 3.09 bits per heavy atom. The van der Waals surface area contributed by atoms with Crippen LogP contribution in [0.1, 0.15) is 5.56 Å². The molecule has 0 spiro atoms. The highest BCUT2D eigenvalue weighted by molar-refractivity contribution is 5.46. The van der Waals surface area contributed by atoms with Gasteiger partial charge in [-0.1, -0.05) is 12.2 Å². The third kappa shape index (κ3) is 2.39. The van der Waals surface area contributed by atoms with E-state index in [1.807, 2.05) is 12.1 Å². The van der Waals surface area contributed by atoms with Crippen LogP contribution in [0.2, 0.25) is 0 Å². The molecule has 0 bridgehead atoms. The summed E-state index contributed by atoms with van der Waals surface area (Å²) in [6.07, 6.45) is 6.55. The van der Waals surface area contributed by atoms with Crippen molar-refractivity contribution in [1.29, 1.82) is 0 Å². The Kier molecular flexibility index (Phi) is 2.63. The topological polar surface area (TPSA) is 53.0 Å². The van der Waals surface area contributed by atoms with Gasteiger partial charge in [0.15, 0.2) is 12.4 Å². The first kappa shape index (κ1) is 7.75. The van der Waals surface area contributed by atoms with Gasteiger partial charge in [-0.05, 0) is 6.07 Å². The molecule has 2 N–H and O–H groups in total. The summed E-state index contributed by atoms with van der Waals surface area (Å²) < 4.78 is 0.760. The van der Waals surface area contributed by atoms with Crippen LogP contribution in [0.4, 0.5) is 0 Å². The number of nitrogens with zero attached hydrogens (tertiary/aromatic N) is 1. The zero-order valence-electron chi connectivity index (χ0n) is 6.10. The average Bonchev–Trinajstić information content (AvgIpc) is 2.01. The van der Waals surface area contributed by atoms with Crippen LogP contribution in [-0.2, 0) is 0 Å². The average molecular weight is 150 g/mol. The van der Waals surface area contributed by atoms with Gasteiger partial charge in [0.2, 0.25) is 0 Å². The lowest BCUT2D eigenvalue weighted by atomic mass is 10.2. The largest absolute Gasteiger partial charge is 0.619 e. The van der Waals surface area contributed by atoms with Crippen molar-refractivity contribution >= 4 is 6.08 Å². The van der Waals surface area contributed by atoms with Crippen LogP contribution in [0, 0.1) is 5.21 Å². The van der Waals surface area contributed by atoms with Gasteiger partial charge in [0, 0.05) is 18.2 Å². The van der Waals surface area contributed by atoms with Gasteiger partial charge in [-0.25, -0.2) is 0 Å². The van der Waals surface area contributed by atoms with E-state index in [4.69, 9.17) is 5.73 Å². The number of aromatic nitrogens is 1. The van der Waals surface area contributed by atoms with Crippen molar-refractivity contribution < 1.29 is 4.73 Å². The van der Waals surface area contributed by atoms with Crippen LogP contribution in [0.25, 0.3) is 6.08 Å². The number of hydrogen-bond acceptors (Lipinski definition) is 2. The summed E-state index contributed by atoms with van der Waals surface area (Å²) in [6.45, 7) is 0.494. The molecule has 0 saturated carbocycles. The van der Waals surface area contributed by atoms with E-state index in [0.717, 1.165) is 10.3 Å². The molecule has 1 aromatic heterocycles. The molecule has 58 valence electrons. The number of nitrogens with two attached hydrogens (primary N) is 1. The van der Waals surface area contributed by atoms with Gasteiger partial charge < -0.3 is 10.9 Å². The highest BCUT2D eigenvalue weighted by Crippen LogP contribution is 1.95. The van der Waals surface area contributed by atoms with Crippen LogP contribution in [0.3, 0.4) is 0 Å². The molecule has 0 unspecified atom stereocenters. The fourth-order valence-electron chi connectivity index (χ4n) is 0.775. The minimum atomic E-state index is 0.494. The Morgan fingerprint density at radius 2 is 2.45 bits per heavy atom. The van der Waals surface area contributed by atoms with Gasteiger partial charge >= 0.3 is 0 Å². The molecule has 0 radical (unpaired) electrons. The van der Waals surface area contributed by atoms with Crippen molar-refractivity contribution in [2.75, 3.05) is 6.54 Å². The minimum absolute atomic E-state index is 0.494. The molecule has 1 heterocycles. The third-order valence-corrected chi connectivity index (χ3v) is 1.24. The fraction of sp³-hybridized carbons (Fsp3) is 0.125. The molecule has 1 rings (SSSR count). The van der Waals surface area contributed by atoms with Gasteiger partial charge in [-0.2, -0.15) is 4.73 Å². The van der Waals surface area contributed by atoms with E-state index in [-0.39, 0.29) is 0 Å². The van der Waals surface area contributed by atoms with E-state index >= 15 is 0 Å². The van der Waals surface area contributed by atoms with E-state index in [2.05, 4.69) is 0 Å². The van der Waals surface area contributed by atoms with E-state index in [1.54, 1.807) is 12.1 Å². The van der Waals surface area contributed by atoms with Gasteiger partial charge in [0.25, 0.3) is 0 Å². The SMILES string of the molecule is NCC=Cc1ccc[n+]([O-])c1. The summed E-state index contributed by atoms with van der Waals surface area (Å²) in [5, 5.41) is 10.7. The van der Waals surface area contributed by atoms with Crippen LogP contribution in [0.5, 0.6) is 0 Å². The quantitative estimate of drug-likeness (QED) is 0.486. The molecule has 0 aliphatic heterocycles. The fourth-order valence-corrected chi connectivity index (χ4v) is 0.775. The second-order valence-corrected chi connectivity index (χ2v) is 2.14. The van der Waals surface area contributed by atoms with Crippen LogP contribution in [-0.4, -0.2) is 6.54 Å². The Hall–Kier alpha value is -1.35. The molecular weight excluding hydrogens is 140 g/mol. The van der Waals surface area contributed by atoms with Gasteiger partial charge in [0.05, 0.1) is 0 Å². The highest BCUT2D eigenvalue weighted by atomic mass is 16.5. The van der Waals surface area contributed by atoms with Crippen molar-refractivity contribution in [3.05, 3.63) is 41.4 Å². The molecule has 0 saturated heterocycles. The Balaban J connectivity index is 2.79. The predicted octanol–water partition coefficient (Wildman–Crippen LogP) is 0.292. The molecule has 0 aliphatic rings. The van der Waals surface area contributed by atoms with Crippen molar-refractivity contribution in [1.82, 2.24) is 0 Å². The first-order valence-electron chi connectivity index (χ1n) is 3.38. The number of pyridine rings is 1. The second kappa shape index (κ2) is 3.73. The molecule has 3 heteroatoms. The zero-order valence-corrected chi connectivity index (χ0v) is 6.10. The molecule has 0 aromatic carbocycles. The lowest BCUT2D eigenvalue weighted by Crippen LogP contribution is -2.24. The maximum Gasteiger partial charge on any atom is 0.187 e. The summed E-state index contributed by atoms with van der Waals surface area (Å²) in [6, 6.07) is 3.55. The Bertz CT molecular complexity index is 258. The van der Waals surface area contributed by atoms with Crippen molar-refractivity contribution in [3.63, 3.8) is 0 Å². The zero-order chi connectivity index (χ0) is 8.10. The van der Waals surface area contributed by atoms with Gasteiger partial charge in [0.1, 0.15) is 0 Å². The molecule has 0 atom stereocenters. The third-order valence-electron chi connectivity index (χ3n) is 1.24. The van der Waals surface area contributed by atoms with Crippen molar-refractivity contribution in [2.24, 2.45) is 5.73 Å². The van der Waals surface area contributed by atoms with Gasteiger partial charge in [-0.3, -0.25) is 0 Å². The monoisotopic (exact) mass is 150 g/mol. The standard InChI is InChI=1S/C8H10N2O/c9-5-1-3-8-4-2-6-10(11)7-8/h1-4,6-7H,5,9H2. The van der Waals surface area contributed by atoms with Gasteiger partial charge in [-0.15, -0.1) is 0 Å². The lowest BCUT2D eigenvalue weighted by Gasteiger charge is -1.94. The summed E-state index contributed by atoms with van der Waals surface area (Å²) in [5.41, 5.74) is 6.11. The highest BCUT2D eigenvalue weighted by Gasteiger charge is 1.89. The van der Waals surface area contributed by atoms with Crippen LogP contribution >= 0.6 is 0 Å². The molecule has 1 aromatic rings. The molecule has 0 aliphatic carbocycles. The summed E-state index contributed by atoms with van der Waals surface area (Å²) >= 11 is 0. The number of hydrogen-bond donors (Lipinski definition) is 1. The summed E-state index contributed by atoms with van der Waals surface area (Å²) in [7, 11) is 0. The lowest BCUT2D eigenvalue weighted by molar-refractivity contribution is -0.605. The molecule has 0 fully saturated rings. The minimum Gasteiger partial charge on any atom is -0.619 e. The first-order valence-corrected chi connectivity index (χ1v) is 3.38. The van der Waals surface area contributed by atoms with E-state index in [9.17, 15) is 5.21 Å². The molecular formula is C8H10N2O. The molecule has 0 amide bonds. The predicted molar refractivity (Wildman–Crippen MR) is 43.5 cm³/mol. The first-order chi connectivity index (χ1) is 5.33. The maximum atomic E-state index is 10.7. The van der Waals surface area contributed by atoms with Crippen molar-refractivity contribution in [2.45, 2.75) is 0 Å². The van der Waals surface area contributed by atoms with Crippen molar-refractivity contribution in [3.8, 4) is 0 Å². The van der Waals surface area contributed by atoms with E-state index in [0.29, 0.717) is 6.54 Å². The van der Waals surface area contributed by atoms with Crippen LogP contribution < -0.4 is 10.5 Å². The van der Waals surface area contributed by atoms with Crippen LogP contribution in [0.15, 0.2) is 30.6 Å². The molecule has 3 nitrogen and oxygen atoms in total. The Morgan fingerprint density at radius 1 is 1.64 bits per heavy atom. The molecule has 11 heavy (non-hydrogen) atoms. The summed E-state index contributed by atoms with van der Waals surface area (Å²) in [5.74, 6) is 0. The maximum absolute atomic E-state index is 10.7. The normalized spacial score (nSPS) is 10.6. The van der Waals surface area contributed by atoms with E-state index in [1.165, 1.54) is 12.4 Å². The number of rotatable bonds is 2. The van der Waals surface area contributed by atoms with E-state index < -0.39 is 0 Å². The summed E-state index contributed by atoms with van der Waals surface area (Å²) in [4.78, 5) is 0.